The van der Waals surface area contributed by atoms with E-state index in [1.165, 1.54) is 5.56 Å². The normalized spacial score (nSPS) is 23.9. The fraction of sp³-hybridized carbons (Fsp3) is 0.188. The number of carbonyl (C=O) groups is 1. The van der Waals surface area contributed by atoms with Crippen LogP contribution in [-0.2, 0) is 16.8 Å². The molecule has 0 amide bonds. The van der Waals surface area contributed by atoms with Crippen LogP contribution in [0.4, 0.5) is 0 Å². The minimum atomic E-state index is -0.524. The van der Waals surface area contributed by atoms with Crippen molar-refractivity contribution >= 4 is 5.97 Å². The van der Waals surface area contributed by atoms with Gasteiger partial charge in [-0.25, -0.2) is 4.79 Å². The van der Waals surface area contributed by atoms with E-state index in [-0.39, 0.29) is 5.97 Å². The number of hydrogen-bond acceptors (Lipinski definition) is 2. The highest BCUT2D eigenvalue weighted by atomic mass is 16.6. The van der Waals surface area contributed by atoms with Gasteiger partial charge in [0.05, 0.1) is 5.56 Å². The van der Waals surface area contributed by atoms with Crippen LogP contribution in [-0.4, -0.2) is 5.97 Å². The van der Waals surface area contributed by atoms with Crippen molar-refractivity contribution < 1.29 is 9.53 Å². The lowest BCUT2D eigenvalue weighted by atomic mass is 9.87. The van der Waals surface area contributed by atoms with Gasteiger partial charge in [-0.05, 0) is 24.5 Å². The maximum Gasteiger partial charge on any atom is 0.339 e. The molecule has 0 saturated heterocycles. The molecule has 1 heterocycles. The topological polar surface area (TPSA) is 26.3 Å². The average Bonchev–Trinajstić information content (AvgIpc) is 2.92. The van der Waals surface area contributed by atoms with Crippen LogP contribution in [0.5, 0.6) is 0 Å². The largest absolute Gasteiger partial charge is 0.446 e. The van der Waals surface area contributed by atoms with E-state index in [1.54, 1.807) is 0 Å². The third-order valence-corrected chi connectivity index (χ3v) is 4.05. The van der Waals surface area contributed by atoms with Gasteiger partial charge in [0, 0.05) is 11.1 Å². The number of esters is 1. The third kappa shape index (κ3) is 1.05. The second kappa shape index (κ2) is 3.22. The molecule has 88 valence electrons. The quantitative estimate of drug-likeness (QED) is 0.657. The van der Waals surface area contributed by atoms with Crippen molar-refractivity contribution in [3.05, 3.63) is 70.8 Å². The Balaban J connectivity index is 2.01. The van der Waals surface area contributed by atoms with E-state index in [0.29, 0.717) is 5.56 Å². The molecule has 4 rings (SSSR count). The van der Waals surface area contributed by atoms with E-state index in [4.69, 9.17) is 4.74 Å². The predicted molar refractivity (Wildman–Crippen MR) is 67.4 cm³/mol. The molecular formula is C16H12O2. The highest BCUT2D eigenvalue weighted by Crippen LogP contribution is 2.49. The Morgan fingerprint density at radius 2 is 1.67 bits per heavy atom. The monoisotopic (exact) mass is 236 g/mol. The first kappa shape index (κ1) is 9.89. The standard InChI is InChI=1S/C16H12O2/c17-15-12-6-2-4-8-14(12)16(18-15)10-9-11-5-1-3-7-13(11)16/h1-8H,9-10H2. The molecule has 1 spiro atoms. The Kier molecular flexibility index (Phi) is 1.77. The van der Waals surface area contributed by atoms with Crippen molar-refractivity contribution in [3.8, 4) is 0 Å². The zero-order chi connectivity index (χ0) is 12.2. The van der Waals surface area contributed by atoms with Crippen LogP contribution in [0.25, 0.3) is 0 Å². The van der Waals surface area contributed by atoms with Crippen LogP contribution >= 0.6 is 0 Å². The molecule has 2 aromatic carbocycles. The lowest BCUT2D eigenvalue weighted by molar-refractivity contribution is 0.0116. The van der Waals surface area contributed by atoms with Gasteiger partial charge in [0.2, 0.25) is 0 Å². The van der Waals surface area contributed by atoms with Crippen LogP contribution in [0.2, 0.25) is 0 Å². The maximum absolute atomic E-state index is 12.0. The zero-order valence-electron chi connectivity index (χ0n) is 9.85. The molecule has 2 aromatic rings. The minimum absolute atomic E-state index is 0.192. The van der Waals surface area contributed by atoms with E-state index < -0.39 is 5.60 Å². The molecule has 1 aliphatic heterocycles. The molecule has 0 saturated carbocycles. The Morgan fingerprint density at radius 3 is 2.56 bits per heavy atom. The second-order valence-corrected chi connectivity index (χ2v) is 4.92. The molecule has 0 aromatic heterocycles. The number of carbonyl (C=O) groups excluding carboxylic acids is 1. The van der Waals surface area contributed by atoms with Gasteiger partial charge in [-0.3, -0.25) is 0 Å². The molecule has 0 bridgehead atoms. The summed E-state index contributed by atoms with van der Waals surface area (Å²) >= 11 is 0. The van der Waals surface area contributed by atoms with Crippen molar-refractivity contribution in [2.75, 3.05) is 0 Å². The van der Waals surface area contributed by atoms with Crippen molar-refractivity contribution in [3.63, 3.8) is 0 Å². The van der Waals surface area contributed by atoms with Gasteiger partial charge in [0.25, 0.3) is 0 Å². The first-order valence-corrected chi connectivity index (χ1v) is 6.22. The number of fused-ring (bicyclic) bond motifs is 4. The SMILES string of the molecule is O=C1OC2(CCc3ccccc32)c2ccccc21. The molecule has 1 unspecified atom stereocenters. The summed E-state index contributed by atoms with van der Waals surface area (Å²) in [5.41, 5.74) is 3.67. The van der Waals surface area contributed by atoms with Gasteiger partial charge >= 0.3 is 5.97 Å². The average molecular weight is 236 g/mol. The summed E-state index contributed by atoms with van der Waals surface area (Å²) in [7, 11) is 0. The van der Waals surface area contributed by atoms with Crippen LogP contribution in [0, 0.1) is 0 Å². The highest BCUT2D eigenvalue weighted by molar-refractivity contribution is 5.95. The maximum atomic E-state index is 12.0. The first-order valence-electron chi connectivity index (χ1n) is 6.22. The molecule has 0 fully saturated rings. The lowest BCUT2D eigenvalue weighted by Crippen LogP contribution is -2.24. The lowest BCUT2D eigenvalue weighted by Gasteiger charge is -2.24. The molecule has 0 N–H and O–H groups in total. The van der Waals surface area contributed by atoms with Gasteiger partial charge in [-0.2, -0.15) is 0 Å². The number of rotatable bonds is 0. The molecule has 2 heteroatoms. The van der Waals surface area contributed by atoms with Gasteiger partial charge < -0.3 is 4.74 Å². The zero-order valence-corrected chi connectivity index (χ0v) is 9.85. The van der Waals surface area contributed by atoms with Crippen molar-refractivity contribution in [1.82, 2.24) is 0 Å². The molecule has 0 radical (unpaired) electrons. The Labute approximate surface area is 105 Å². The molecule has 2 nitrogen and oxygen atoms in total. The minimum Gasteiger partial charge on any atom is -0.446 e. The fourth-order valence-corrected chi connectivity index (χ4v) is 3.24. The van der Waals surface area contributed by atoms with Crippen molar-refractivity contribution in [2.45, 2.75) is 18.4 Å². The van der Waals surface area contributed by atoms with Crippen LogP contribution in [0.3, 0.4) is 0 Å². The van der Waals surface area contributed by atoms with E-state index in [2.05, 4.69) is 12.1 Å². The number of hydrogen-bond donors (Lipinski definition) is 0. The summed E-state index contributed by atoms with van der Waals surface area (Å²) in [6.45, 7) is 0. The van der Waals surface area contributed by atoms with E-state index in [0.717, 1.165) is 24.0 Å². The number of ether oxygens (including phenoxy) is 1. The smallest absolute Gasteiger partial charge is 0.339 e. The van der Waals surface area contributed by atoms with Crippen molar-refractivity contribution in [2.24, 2.45) is 0 Å². The summed E-state index contributed by atoms with van der Waals surface area (Å²) in [4.78, 5) is 12.0. The van der Waals surface area contributed by atoms with Crippen molar-refractivity contribution in [1.29, 1.82) is 0 Å². The summed E-state index contributed by atoms with van der Waals surface area (Å²) in [6, 6.07) is 16.0. The highest BCUT2D eigenvalue weighted by Gasteiger charge is 2.50. The Hall–Kier alpha value is -2.09. The summed E-state index contributed by atoms with van der Waals surface area (Å²) in [6.07, 6.45) is 1.83. The van der Waals surface area contributed by atoms with Crippen LogP contribution < -0.4 is 0 Å². The first-order chi connectivity index (χ1) is 8.81. The van der Waals surface area contributed by atoms with E-state index >= 15 is 0 Å². The van der Waals surface area contributed by atoms with Gasteiger partial charge in [0.1, 0.15) is 0 Å². The fourth-order valence-electron chi connectivity index (χ4n) is 3.24. The second-order valence-electron chi connectivity index (χ2n) is 4.92. The van der Waals surface area contributed by atoms with Gasteiger partial charge in [0.15, 0.2) is 5.60 Å². The molecule has 18 heavy (non-hydrogen) atoms. The molecule has 1 atom stereocenters. The van der Waals surface area contributed by atoms with Gasteiger partial charge in [-0.1, -0.05) is 42.5 Å². The summed E-state index contributed by atoms with van der Waals surface area (Å²) < 4.78 is 5.77. The summed E-state index contributed by atoms with van der Waals surface area (Å²) in [5.74, 6) is -0.192. The third-order valence-electron chi connectivity index (χ3n) is 4.05. The summed E-state index contributed by atoms with van der Waals surface area (Å²) in [5, 5.41) is 0. The molecular weight excluding hydrogens is 224 g/mol. The van der Waals surface area contributed by atoms with Crippen LogP contribution in [0.15, 0.2) is 48.5 Å². The number of benzene rings is 2. The predicted octanol–water partition coefficient (Wildman–Crippen LogP) is 3.05. The molecule has 2 aliphatic rings. The number of aryl methyl sites for hydroxylation is 1. The van der Waals surface area contributed by atoms with E-state index in [1.807, 2.05) is 36.4 Å². The Bertz CT molecular complexity index is 660. The van der Waals surface area contributed by atoms with E-state index in [9.17, 15) is 4.79 Å². The van der Waals surface area contributed by atoms with Crippen LogP contribution in [0.1, 0.15) is 33.5 Å². The Morgan fingerprint density at radius 1 is 0.944 bits per heavy atom. The van der Waals surface area contributed by atoms with Gasteiger partial charge in [-0.15, -0.1) is 0 Å². The molecule has 1 aliphatic carbocycles.